The molecule has 1 saturated carbocycles. The van der Waals surface area contributed by atoms with E-state index in [4.69, 9.17) is 4.74 Å². The lowest BCUT2D eigenvalue weighted by Gasteiger charge is -2.41. The van der Waals surface area contributed by atoms with Gasteiger partial charge in [-0.2, -0.15) is 0 Å². The number of nitrogens with zero attached hydrogens (tertiary/aromatic N) is 3. The highest BCUT2D eigenvalue weighted by atomic mass is 32.2. The maximum Gasteiger partial charge on any atom is 0.259 e. The molecule has 0 spiro atoms. The van der Waals surface area contributed by atoms with Crippen molar-refractivity contribution < 1.29 is 13.2 Å². The van der Waals surface area contributed by atoms with Crippen molar-refractivity contribution in [1.29, 1.82) is 0 Å². The number of piperidine rings is 1. The van der Waals surface area contributed by atoms with Gasteiger partial charge in [0.05, 0.1) is 6.33 Å². The third kappa shape index (κ3) is 4.82. The van der Waals surface area contributed by atoms with Gasteiger partial charge in [0.15, 0.2) is 5.03 Å². The second-order valence-electron chi connectivity index (χ2n) is 10.6. The summed E-state index contributed by atoms with van der Waals surface area (Å²) in [6.45, 7) is 2.91. The van der Waals surface area contributed by atoms with Crippen LogP contribution >= 0.6 is 0 Å². The SMILES string of the molecule is Cn1cnc(S(=O)(=O)NCCOc2cccc3c2C(Cc2ccccc2)C(N2CC4CC4C2)CC3)c1. The molecular formula is C28H34N4O3S. The molecule has 36 heavy (non-hydrogen) atoms. The minimum absolute atomic E-state index is 0.0246. The number of hydrogen-bond donors (Lipinski definition) is 1. The Morgan fingerprint density at radius 1 is 1.08 bits per heavy atom. The Labute approximate surface area is 213 Å². The molecule has 7 nitrogen and oxygen atoms in total. The van der Waals surface area contributed by atoms with Gasteiger partial charge in [-0.1, -0.05) is 42.5 Å². The third-order valence-corrected chi connectivity index (χ3v) is 9.43. The van der Waals surface area contributed by atoms with Gasteiger partial charge in [-0.25, -0.2) is 18.1 Å². The summed E-state index contributed by atoms with van der Waals surface area (Å²) in [6, 6.07) is 17.6. The molecule has 2 aliphatic carbocycles. The Hall–Kier alpha value is -2.68. The molecule has 4 atom stereocenters. The molecule has 2 heterocycles. The minimum atomic E-state index is -3.65. The lowest BCUT2D eigenvalue weighted by Crippen LogP contribution is -2.43. The monoisotopic (exact) mass is 506 g/mol. The number of nitrogens with one attached hydrogen (secondary N) is 1. The van der Waals surface area contributed by atoms with E-state index in [2.05, 4.69) is 57.1 Å². The van der Waals surface area contributed by atoms with E-state index in [1.807, 2.05) is 6.07 Å². The number of fused-ring (bicyclic) bond motifs is 2. The Kier molecular flexibility index (Phi) is 6.35. The molecule has 2 aromatic carbocycles. The average molecular weight is 507 g/mol. The molecule has 0 amide bonds. The summed E-state index contributed by atoms with van der Waals surface area (Å²) in [5.74, 6) is 3.05. The van der Waals surface area contributed by atoms with Crippen LogP contribution in [0.3, 0.4) is 0 Å². The van der Waals surface area contributed by atoms with E-state index in [1.165, 1.54) is 55.1 Å². The predicted molar refractivity (Wildman–Crippen MR) is 138 cm³/mol. The number of ether oxygens (including phenoxy) is 1. The normalized spacial score (nSPS) is 25.4. The molecule has 1 aromatic heterocycles. The van der Waals surface area contributed by atoms with Crippen LogP contribution < -0.4 is 9.46 Å². The van der Waals surface area contributed by atoms with Crippen LogP contribution in [0.2, 0.25) is 0 Å². The van der Waals surface area contributed by atoms with Gasteiger partial charge in [-0.15, -0.1) is 0 Å². The first-order valence-electron chi connectivity index (χ1n) is 13.0. The number of sulfonamides is 1. The average Bonchev–Trinajstić information content (AvgIpc) is 3.24. The van der Waals surface area contributed by atoms with Crippen LogP contribution in [0.15, 0.2) is 66.1 Å². The summed E-state index contributed by atoms with van der Waals surface area (Å²) in [5.41, 5.74) is 4.02. The second-order valence-corrected chi connectivity index (χ2v) is 12.3. The standard InChI is InChI=1S/C28H34N4O3S/c1-31-18-27(29-19-31)36(33,34)30-12-13-35-26-9-5-8-21-10-11-25(32-16-22-15-23(22)17-32)24(28(21)26)14-20-6-3-2-4-7-20/h2-9,18-19,22-25,30H,10-17H2,1H3. The van der Waals surface area contributed by atoms with Crippen molar-refractivity contribution in [3.8, 4) is 5.75 Å². The predicted octanol–water partition coefficient (Wildman–Crippen LogP) is 3.37. The van der Waals surface area contributed by atoms with Crippen LogP contribution in [-0.4, -0.2) is 55.2 Å². The van der Waals surface area contributed by atoms with Gasteiger partial charge in [0.1, 0.15) is 12.4 Å². The molecule has 0 radical (unpaired) electrons. The lowest BCUT2D eigenvalue weighted by atomic mass is 9.75. The molecule has 1 N–H and O–H groups in total. The number of imidazole rings is 1. The largest absolute Gasteiger partial charge is 0.492 e. The first-order chi connectivity index (χ1) is 17.5. The smallest absolute Gasteiger partial charge is 0.259 e. The van der Waals surface area contributed by atoms with Gasteiger partial charge in [-0.3, -0.25) is 4.90 Å². The van der Waals surface area contributed by atoms with Crippen LogP contribution in [0.1, 0.15) is 35.4 Å². The lowest BCUT2D eigenvalue weighted by molar-refractivity contribution is 0.168. The zero-order valence-corrected chi connectivity index (χ0v) is 21.5. The Balaban J connectivity index is 1.21. The van der Waals surface area contributed by atoms with Crippen molar-refractivity contribution in [2.75, 3.05) is 26.2 Å². The molecule has 3 aromatic rings. The Morgan fingerprint density at radius 3 is 2.64 bits per heavy atom. The summed E-state index contributed by atoms with van der Waals surface area (Å²) >= 11 is 0. The van der Waals surface area contributed by atoms with E-state index < -0.39 is 10.0 Å². The van der Waals surface area contributed by atoms with Crippen molar-refractivity contribution in [2.24, 2.45) is 18.9 Å². The highest BCUT2D eigenvalue weighted by Crippen LogP contribution is 2.49. The second kappa shape index (κ2) is 9.65. The summed E-state index contributed by atoms with van der Waals surface area (Å²) in [5, 5.41) is 0.0246. The molecule has 4 unspecified atom stereocenters. The number of aromatic nitrogens is 2. The first-order valence-corrected chi connectivity index (χ1v) is 14.5. The van der Waals surface area contributed by atoms with Gasteiger partial charge in [0.25, 0.3) is 10.0 Å². The van der Waals surface area contributed by atoms with Crippen LogP contribution in [0.4, 0.5) is 0 Å². The molecule has 190 valence electrons. The molecule has 8 heteroatoms. The fraction of sp³-hybridized carbons (Fsp3) is 0.464. The van der Waals surface area contributed by atoms with Crippen molar-refractivity contribution in [2.45, 2.75) is 42.7 Å². The van der Waals surface area contributed by atoms with E-state index in [0.29, 0.717) is 12.0 Å². The molecule has 2 fully saturated rings. The van der Waals surface area contributed by atoms with Gasteiger partial charge >= 0.3 is 0 Å². The van der Waals surface area contributed by atoms with Crippen LogP contribution in [0.25, 0.3) is 0 Å². The first kappa shape index (κ1) is 23.7. The quantitative estimate of drug-likeness (QED) is 0.451. The van der Waals surface area contributed by atoms with E-state index >= 15 is 0 Å². The Bertz CT molecular complexity index is 1310. The van der Waals surface area contributed by atoms with Gasteiger partial charge in [0, 0.05) is 50.4 Å². The molecular weight excluding hydrogens is 472 g/mol. The zero-order chi connectivity index (χ0) is 24.7. The minimum Gasteiger partial charge on any atom is -0.492 e. The van der Waals surface area contributed by atoms with Crippen molar-refractivity contribution in [3.63, 3.8) is 0 Å². The summed E-state index contributed by atoms with van der Waals surface area (Å²) in [6.07, 6.45) is 7.60. The molecule has 0 bridgehead atoms. The third-order valence-electron chi connectivity index (χ3n) is 8.08. The van der Waals surface area contributed by atoms with Crippen LogP contribution in [0.5, 0.6) is 5.75 Å². The maximum absolute atomic E-state index is 12.5. The molecule has 6 rings (SSSR count). The summed E-state index contributed by atoms with van der Waals surface area (Å²) < 4.78 is 35.5. The number of likely N-dealkylation sites (tertiary alicyclic amines) is 1. The molecule has 1 saturated heterocycles. The van der Waals surface area contributed by atoms with Crippen molar-refractivity contribution in [3.05, 3.63) is 77.7 Å². The summed E-state index contributed by atoms with van der Waals surface area (Å²) in [4.78, 5) is 6.70. The number of rotatable bonds is 9. The fourth-order valence-corrected chi connectivity index (χ4v) is 7.23. The van der Waals surface area contributed by atoms with Gasteiger partial charge in [0.2, 0.25) is 0 Å². The maximum atomic E-state index is 12.5. The van der Waals surface area contributed by atoms with Crippen molar-refractivity contribution >= 4 is 10.0 Å². The van der Waals surface area contributed by atoms with E-state index in [0.717, 1.165) is 30.4 Å². The molecule has 1 aliphatic heterocycles. The van der Waals surface area contributed by atoms with Crippen LogP contribution in [0, 0.1) is 11.8 Å². The number of benzene rings is 2. The van der Waals surface area contributed by atoms with E-state index in [1.54, 1.807) is 11.6 Å². The highest BCUT2D eigenvalue weighted by Gasteiger charge is 2.49. The number of hydrogen-bond acceptors (Lipinski definition) is 5. The number of aryl methyl sites for hydroxylation is 2. The van der Waals surface area contributed by atoms with Gasteiger partial charge in [-0.05, 0) is 54.7 Å². The fourth-order valence-electron chi connectivity index (χ4n) is 6.24. The molecule has 3 aliphatic rings. The van der Waals surface area contributed by atoms with Crippen LogP contribution in [-0.2, 0) is 29.9 Å². The topological polar surface area (TPSA) is 76.5 Å². The van der Waals surface area contributed by atoms with E-state index in [9.17, 15) is 8.42 Å². The summed E-state index contributed by atoms with van der Waals surface area (Å²) in [7, 11) is -1.90. The zero-order valence-electron chi connectivity index (χ0n) is 20.7. The van der Waals surface area contributed by atoms with E-state index in [-0.39, 0.29) is 18.2 Å². The van der Waals surface area contributed by atoms with Crippen molar-refractivity contribution in [1.82, 2.24) is 19.2 Å². The highest BCUT2D eigenvalue weighted by molar-refractivity contribution is 7.89. The Morgan fingerprint density at radius 2 is 1.89 bits per heavy atom. The van der Waals surface area contributed by atoms with Gasteiger partial charge < -0.3 is 9.30 Å².